The summed E-state index contributed by atoms with van der Waals surface area (Å²) in [7, 11) is 2.06. The lowest BCUT2D eigenvalue weighted by Gasteiger charge is -2.56. The van der Waals surface area contributed by atoms with E-state index in [9.17, 15) is 4.79 Å². The highest BCUT2D eigenvalue weighted by Gasteiger charge is 2.51. The van der Waals surface area contributed by atoms with Gasteiger partial charge in [0.2, 0.25) is 5.91 Å². The molecule has 3 nitrogen and oxygen atoms in total. The number of nitrogens with one attached hydrogen (secondary N) is 1. The molecule has 1 heterocycles. The molecule has 4 bridgehead atoms. The molecular weight excluding hydrogens is 296 g/mol. The number of hydrogen-bond donors (Lipinski definition) is 1. The zero-order valence-electron chi connectivity index (χ0n) is 14.4. The standard InChI is InChI=1S/C21H26N2O/c1-23-13-17(18-4-2-3-5-19(18)23)9-20(24)22-21-10-14-6-15(11-21)8-16(7-14)12-21/h2-5,13-16H,6-12H2,1H3,(H,22,24). The first-order chi connectivity index (χ1) is 11.6. The average molecular weight is 322 g/mol. The summed E-state index contributed by atoms with van der Waals surface area (Å²) in [6.07, 6.45) is 10.5. The third-order valence-corrected chi connectivity index (χ3v) is 6.77. The minimum Gasteiger partial charge on any atom is -0.350 e. The zero-order chi connectivity index (χ0) is 16.3. The predicted octanol–water partition coefficient (Wildman–Crippen LogP) is 3.81. The molecule has 0 aliphatic heterocycles. The van der Waals surface area contributed by atoms with E-state index in [0.29, 0.717) is 6.42 Å². The van der Waals surface area contributed by atoms with Gasteiger partial charge in [0.15, 0.2) is 0 Å². The minimum absolute atomic E-state index is 0.121. The maximum Gasteiger partial charge on any atom is 0.224 e. The Morgan fingerprint density at radius 1 is 1.12 bits per heavy atom. The van der Waals surface area contributed by atoms with E-state index in [0.717, 1.165) is 23.3 Å². The molecule has 3 heteroatoms. The second-order valence-corrected chi connectivity index (χ2v) is 8.71. The number of aromatic nitrogens is 1. The Hall–Kier alpha value is -1.77. The molecule has 24 heavy (non-hydrogen) atoms. The molecule has 0 atom stereocenters. The van der Waals surface area contributed by atoms with Gasteiger partial charge in [-0.05, 0) is 67.9 Å². The fourth-order valence-corrected chi connectivity index (χ4v) is 6.34. The van der Waals surface area contributed by atoms with Crippen molar-refractivity contribution in [1.29, 1.82) is 0 Å². The van der Waals surface area contributed by atoms with Crippen molar-refractivity contribution in [3.05, 3.63) is 36.0 Å². The minimum atomic E-state index is 0.121. The van der Waals surface area contributed by atoms with Crippen LogP contribution >= 0.6 is 0 Å². The van der Waals surface area contributed by atoms with Gasteiger partial charge in [-0.25, -0.2) is 0 Å². The largest absolute Gasteiger partial charge is 0.350 e. The Morgan fingerprint density at radius 3 is 2.42 bits per heavy atom. The maximum absolute atomic E-state index is 12.8. The molecule has 2 aromatic rings. The van der Waals surface area contributed by atoms with Gasteiger partial charge in [-0.2, -0.15) is 0 Å². The van der Waals surface area contributed by atoms with Crippen molar-refractivity contribution < 1.29 is 4.79 Å². The van der Waals surface area contributed by atoms with Crippen LogP contribution in [0.25, 0.3) is 10.9 Å². The van der Waals surface area contributed by atoms with Gasteiger partial charge >= 0.3 is 0 Å². The number of benzene rings is 1. The molecule has 0 radical (unpaired) electrons. The summed E-state index contributed by atoms with van der Waals surface area (Å²) >= 11 is 0. The molecule has 4 aliphatic carbocycles. The van der Waals surface area contributed by atoms with E-state index in [4.69, 9.17) is 0 Å². The van der Waals surface area contributed by atoms with Crippen LogP contribution in [0.1, 0.15) is 44.1 Å². The molecule has 6 rings (SSSR count). The first kappa shape index (κ1) is 14.6. The van der Waals surface area contributed by atoms with Gasteiger partial charge in [0.05, 0.1) is 6.42 Å². The molecule has 4 fully saturated rings. The summed E-state index contributed by atoms with van der Waals surface area (Å²) in [5.74, 6) is 2.82. The third-order valence-electron chi connectivity index (χ3n) is 6.77. The van der Waals surface area contributed by atoms with E-state index in [-0.39, 0.29) is 11.4 Å². The summed E-state index contributed by atoms with van der Waals surface area (Å²) < 4.78 is 2.13. The quantitative estimate of drug-likeness (QED) is 0.916. The first-order valence-corrected chi connectivity index (χ1v) is 9.44. The Bertz CT molecular complexity index is 768. The van der Waals surface area contributed by atoms with Crippen LogP contribution in [-0.2, 0) is 18.3 Å². The van der Waals surface area contributed by atoms with Crippen LogP contribution < -0.4 is 5.32 Å². The maximum atomic E-state index is 12.8. The topological polar surface area (TPSA) is 34.0 Å². The normalized spacial score (nSPS) is 34.0. The highest BCUT2D eigenvalue weighted by atomic mass is 16.1. The average Bonchev–Trinajstić information content (AvgIpc) is 2.82. The SMILES string of the molecule is Cn1cc(CC(=O)NC23CC4CC(CC(C4)C2)C3)c2ccccc21. The molecule has 0 spiro atoms. The van der Waals surface area contributed by atoms with Crippen molar-refractivity contribution in [1.82, 2.24) is 9.88 Å². The fourth-order valence-electron chi connectivity index (χ4n) is 6.34. The summed E-state index contributed by atoms with van der Waals surface area (Å²) in [6.45, 7) is 0. The number of nitrogens with zero attached hydrogens (tertiary/aromatic N) is 1. The number of carbonyl (C=O) groups is 1. The molecule has 1 aromatic heterocycles. The summed E-state index contributed by atoms with van der Waals surface area (Å²) in [4.78, 5) is 12.8. The lowest BCUT2D eigenvalue weighted by molar-refractivity contribution is -0.126. The summed E-state index contributed by atoms with van der Waals surface area (Å²) in [5.41, 5.74) is 2.47. The number of hydrogen-bond acceptors (Lipinski definition) is 1. The van der Waals surface area contributed by atoms with Crippen molar-refractivity contribution in [3.8, 4) is 0 Å². The third kappa shape index (κ3) is 2.28. The number of amides is 1. The molecule has 0 unspecified atom stereocenters. The highest BCUT2D eigenvalue weighted by molar-refractivity contribution is 5.89. The van der Waals surface area contributed by atoms with E-state index in [1.54, 1.807) is 0 Å². The lowest BCUT2D eigenvalue weighted by Crippen LogP contribution is -2.60. The molecule has 4 aliphatic rings. The molecule has 126 valence electrons. The molecule has 1 amide bonds. The van der Waals surface area contributed by atoms with Gasteiger partial charge in [-0.3, -0.25) is 4.79 Å². The van der Waals surface area contributed by atoms with Crippen molar-refractivity contribution in [2.75, 3.05) is 0 Å². The smallest absolute Gasteiger partial charge is 0.224 e. The van der Waals surface area contributed by atoms with Crippen LogP contribution in [0.5, 0.6) is 0 Å². The van der Waals surface area contributed by atoms with Gasteiger partial charge in [-0.15, -0.1) is 0 Å². The fraction of sp³-hybridized carbons (Fsp3) is 0.571. The zero-order valence-corrected chi connectivity index (χ0v) is 14.4. The number of fused-ring (bicyclic) bond motifs is 1. The summed E-state index contributed by atoms with van der Waals surface area (Å²) in [6, 6.07) is 8.36. The van der Waals surface area contributed by atoms with Crippen LogP contribution in [0.3, 0.4) is 0 Å². The van der Waals surface area contributed by atoms with Crippen LogP contribution in [0.4, 0.5) is 0 Å². The highest BCUT2D eigenvalue weighted by Crippen LogP contribution is 2.55. The van der Waals surface area contributed by atoms with Gasteiger partial charge in [0.1, 0.15) is 0 Å². The number of rotatable bonds is 3. The van der Waals surface area contributed by atoms with E-state index in [1.807, 2.05) is 0 Å². The molecule has 1 aromatic carbocycles. The van der Waals surface area contributed by atoms with Crippen molar-refractivity contribution in [2.45, 2.75) is 50.5 Å². The molecular formula is C21H26N2O. The first-order valence-electron chi connectivity index (χ1n) is 9.44. The van der Waals surface area contributed by atoms with Crippen LogP contribution in [0.15, 0.2) is 30.5 Å². The van der Waals surface area contributed by atoms with Crippen LogP contribution in [-0.4, -0.2) is 16.0 Å². The summed E-state index contributed by atoms with van der Waals surface area (Å²) in [5, 5.41) is 4.71. The van der Waals surface area contributed by atoms with Crippen molar-refractivity contribution in [3.63, 3.8) is 0 Å². The second-order valence-electron chi connectivity index (χ2n) is 8.71. The van der Waals surface area contributed by atoms with E-state index < -0.39 is 0 Å². The van der Waals surface area contributed by atoms with Gasteiger partial charge in [0.25, 0.3) is 0 Å². The van der Waals surface area contributed by atoms with Crippen LogP contribution in [0, 0.1) is 17.8 Å². The number of aryl methyl sites for hydroxylation is 1. The Kier molecular flexibility index (Phi) is 3.10. The van der Waals surface area contributed by atoms with E-state index in [1.165, 1.54) is 49.4 Å². The molecule has 1 N–H and O–H groups in total. The lowest BCUT2D eigenvalue weighted by atomic mass is 9.53. The van der Waals surface area contributed by atoms with Crippen molar-refractivity contribution in [2.24, 2.45) is 24.8 Å². The molecule has 4 saturated carbocycles. The Labute approximate surface area is 143 Å². The monoisotopic (exact) mass is 322 g/mol. The second kappa shape index (κ2) is 5.11. The Morgan fingerprint density at radius 2 is 1.75 bits per heavy atom. The number of para-hydroxylation sites is 1. The van der Waals surface area contributed by atoms with E-state index in [2.05, 4.69) is 47.4 Å². The van der Waals surface area contributed by atoms with Gasteiger partial charge in [0, 0.05) is 29.7 Å². The van der Waals surface area contributed by atoms with Crippen molar-refractivity contribution >= 4 is 16.8 Å². The van der Waals surface area contributed by atoms with Gasteiger partial charge < -0.3 is 9.88 Å². The van der Waals surface area contributed by atoms with Gasteiger partial charge in [-0.1, -0.05) is 18.2 Å². The predicted molar refractivity (Wildman–Crippen MR) is 95.7 cm³/mol. The van der Waals surface area contributed by atoms with E-state index >= 15 is 0 Å². The Balaban J connectivity index is 1.36. The van der Waals surface area contributed by atoms with Crippen LogP contribution in [0.2, 0.25) is 0 Å². The number of carbonyl (C=O) groups excluding carboxylic acids is 1. The molecule has 0 saturated heterocycles.